The summed E-state index contributed by atoms with van der Waals surface area (Å²) in [5.41, 5.74) is 0.149. The minimum Gasteiger partial charge on any atom is -0.351 e. The maximum Gasteiger partial charge on any atom is 0.433 e. The number of carbonyl (C=O) groups excluding carboxylic acids is 1. The molecule has 1 amide bonds. The van der Waals surface area contributed by atoms with E-state index in [2.05, 4.69) is 15.0 Å². The molecule has 1 unspecified atom stereocenters. The number of amides is 1. The molecule has 0 radical (unpaired) electrons. The van der Waals surface area contributed by atoms with E-state index in [1.54, 1.807) is 13.0 Å². The lowest BCUT2D eigenvalue weighted by molar-refractivity contribution is -0.141. The summed E-state index contributed by atoms with van der Waals surface area (Å²) < 4.78 is 82.1. The topological polar surface area (TPSA) is 71.1 Å². The van der Waals surface area contributed by atoms with E-state index >= 15 is 0 Å². The Bertz CT molecular complexity index is 1300. The smallest absolute Gasteiger partial charge is 0.351 e. The van der Waals surface area contributed by atoms with Crippen LogP contribution in [0.5, 0.6) is 0 Å². The Kier molecular flexibility index (Phi) is 8.57. The first-order chi connectivity index (χ1) is 16.9. The quantitative estimate of drug-likeness (QED) is 0.400. The van der Waals surface area contributed by atoms with Crippen LogP contribution < -0.4 is 10.0 Å². The number of aryl methyl sites for hydroxylation is 1. The van der Waals surface area contributed by atoms with Crippen molar-refractivity contribution in [1.82, 2.24) is 15.0 Å². The zero-order valence-electron chi connectivity index (χ0n) is 19.7. The molecule has 2 N–H and O–H groups in total. The Hall–Kier alpha value is -3.18. The molecule has 3 rings (SSSR count). The van der Waals surface area contributed by atoms with Gasteiger partial charge in [-0.2, -0.15) is 13.2 Å². The van der Waals surface area contributed by atoms with E-state index in [-0.39, 0.29) is 35.5 Å². The van der Waals surface area contributed by atoms with Crippen molar-refractivity contribution in [2.75, 3.05) is 6.26 Å². The second-order valence-electron chi connectivity index (χ2n) is 8.23. The van der Waals surface area contributed by atoms with Crippen molar-refractivity contribution < 1.29 is 31.0 Å². The molecule has 192 valence electrons. The molecule has 0 saturated heterocycles. The van der Waals surface area contributed by atoms with E-state index in [1.165, 1.54) is 43.5 Å². The number of nitrogens with zero attached hydrogens (tertiary/aromatic N) is 1. The summed E-state index contributed by atoms with van der Waals surface area (Å²) in [5, 5.41) is 2.64. The Labute approximate surface area is 207 Å². The molecule has 1 heterocycles. The lowest BCUT2D eigenvalue weighted by atomic mass is 9.98. The summed E-state index contributed by atoms with van der Waals surface area (Å²) in [4.78, 5) is 16.5. The number of halogens is 5. The fraction of sp³-hybridized carbons (Fsp3) is 0.280. The van der Waals surface area contributed by atoms with E-state index in [0.29, 0.717) is 11.1 Å². The number of hydrogen-bond donors (Lipinski definition) is 2. The molecule has 0 aliphatic heterocycles. The maximum atomic E-state index is 14.4. The van der Waals surface area contributed by atoms with Crippen molar-refractivity contribution in [3.8, 4) is 11.3 Å². The summed E-state index contributed by atoms with van der Waals surface area (Å²) in [6.07, 6.45) is -3.28. The van der Waals surface area contributed by atoms with Gasteiger partial charge in [0.25, 0.3) is 0 Å². The molecule has 2 aromatic carbocycles. The number of hydrogen-bond acceptors (Lipinski definition) is 3. The third kappa shape index (κ3) is 6.73. The first-order valence-corrected chi connectivity index (χ1v) is 12.4. The van der Waals surface area contributed by atoms with Crippen LogP contribution in [-0.4, -0.2) is 21.4 Å². The summed E-state index contributed by atoms with van der Waals surface area (Å²) in [6, 6.07) is 10.2. The second kappa shape index (κ2) is 11.3. The van der Waals surface area contributed by atoms with Crippen LogP contribution in [0.25, 0.3) is 11.3 Å². The zero-order valence-corrected chi connectivity index (χ0v) is 20.5. The number of nitrogens with one attached hydrogen (secondary N) is 2. The number of aromatic nitrogens is 1. The van der Waals surface area contributed by atoms with Crippen molar-refractivity contribution in [2.45, 2.75) is 39.0 Å². The predicted molar refractivity (Wildman–Crippen MR) is 127 cm³/mol. The van der Waals surface area contributed by atoms with Crippen LogP contribution in [0, 0.1) is 18.6 Å². The van der Waals surface area contributed by atoms with Crippen LogP contribution in [0.3, 0.4) is 0 Å². The largest absolute Gasteiger partial charge is 0.433 e. The fourth-order valence-corrected chi connectivity index (χ4v) is 3.78. The Morgan fingerprint density at radius 2 is 1.69 bits per heavy atom. The highest BCUT2D eigenvalue weighted by molar-refractivity contribution is 7.82. The highest BCUT2D eigenvalue weighted by atomic mass is 32.2. The van der Waals surface area contributed by atoms with Gasteiger partial charge in [0.1, 0.15) is 17.3 Å². The molecule has 36 heavy (non-hydrogen) atoms. The monoisotopic (exact) mass is 525 g/mol. The predicted octanol–water partition coefficient (Wildman–Crippen LogP) is 5.16. The Balaban J connectivity index is 1.81. The van der Waals surface area contributed by atoms with E-state index in [1.807, 2.05) is 0 Å². The van der Waals surface area contributed by atoms with Crippen molar-refractivity contribution in [1.29, 1.82) is 0 Å². The van der Waals surface area contributed by atoms with Crippen molar-refractivity contribution in [3.05, 3.63) is 88.1 Å². The van der Waals surface area contributed by atoms with Gasteiger partial charge in [-0.15, -0.1) is 0 Å². The van der Waals surface area contributed by atoms with Crippen LogP contribution in [0.1, 0.15) is 40.8 Å². The minimum absolute atomic E-state index is 0.0547. The van der Waals surface area contributed by atoms with Crippen molar-refractivity contribution in [3.63, 3.8) is 0 Å². The van der Waals surface area contributed by atoms with E-state index in [0.717, 1.165) is 12.1 Å². The summed E-state index contributed by atoms with van der Waals surface area (Å²) in [6.45, 7) is 2.97. The van der Waals surface area contributed by atoms with E-state index < -0.39 is 46.3 Å². The first kappa shape index (κ1) is 27.4. The molecular weight excluding hydrogens is 501 g/mol. The molecule has 0 aliphatic carbocycles. The summed E-state index contributed by atoms with van der Waals surface area (Å²) in [5.74, 6) is -2.43. The number of rotatable bonds is 8. The van der Waals surface area contributed by atoms with E-state index in [9.17, 15) is 31.0 Å². The third-order valence-corrected chi connectivity index (χ3v) is 6.15. The van der Waals surface area contributed by atoms with Gasteiger partial charge in [0.2, 0.25) is 5.91 Å². The van der Waals surface area contributed by atoms with Gasteiger partial charge in [0, 0.05) is 30.5 Å². The SMILES string of the molecule is Cc1ccc(-c2nc(C(F)(F)F)ccc2CNC(=O)[C@@H](C)c2ccc(CNS(C)=O)c(F)c2)cc1F. The number of pyridine rings is 1. The molecule has 0 fully saturated rings. The van der Waals surface area contributed by atoms with Crippen molar-refractivity contribution in [2.24, 2.45) is 0 Å². The first-order valence-electron chi connectivity index (χ1n) is 10.8. The Morgan fingerprint density at radius 1 is 1.00 bits per heavy atom. The van der Waals surface area contributed by atoms with E-state index in [4.69, 9.17) is 0 Å². The van der Waals surface area contributed by atoms with Crippen LogP contribution >= 0.6 is 0 Å². The molecule has 0 spiro atoms. The van der Waals surface area contributed by atoms with Gasteiger partial charge in [-0.1, -0.05) is 30.3 Å². The second-order valence-corrected chi connectivity index (χ2v) is 9.43. The zero-order chi connectivity index (χ0) is 26.6. The normalized spacial score (nSPS) is 13.3. The Morgan fingerprint density at radius 3 is 2.31 bits per heavy atom. The van der Waals surface area contributed by atoms with Crippen LogP contribution in [0.4, 0.5) is 22.0 Å². The van der Waals surface area contributed by atoms with Crippen molar-refractivity contribution >= 4 is 16.9 Å². The van der Waals surface area contributed by atoms with Crippen LogP contribution in [0.2, 0.25) is 0 Å². The fourth-order valence-electron chi connectivity index (χ4n) is 3.42. The lowest BCUT2D eigenvalue weighted by Crippen LogP contribution is -2.28. The molecule has 1 aromatic heterocycles. The highest BCUT2D eigenvalue weighted by Crippen LogP contribution is 2.32. The average Bonchev–Trinajstić information content (AvgIpc) is 2.82. The minimum atomic E-state index is -4.70. The number of alkyl halides is 3. The third-order valence-electron chi connectivity index (χ3n) is 5.60. The molecule has 3 aromatic rings. The standard InChI is InChI=1S/C25H24F5N3O2S/c1-14-4-5-17(11-20(14)26)23-19(8-9-22(33-23)25(28,29)30)12-31-24(34)15(2)16-6-7-18(21(27)10-16)13-32-36(3)35/h4-11,15,32H,12-13H2,1-3H3,(H,31,34)/t15-,36?/m0/s1. The van der Waals surface area contributed by atoms with Gasteiger partial charge in [0.15, 0.2) is 0 Å². The lowest BCUT2D eigenvalue weighted by Gasteiger charge is -2.16. The molecule has 2 atom stereocenters. The molecule has 0 saturated carbocycles. The van der Waals surface area contributed by atoms with Crippen LogP contribution in [0.15, 0.2) is 48.5 Å². The van der Waals surface area contributed by atoms with Gasteiger partial charge in [-0.25, -0.2) is 22.7 Å². The van der Waals surface area contributed by atoms with Gasteiger partial charge in [-0.3, -0.25) is 4.79 Å². The molecule has 0 bridgehead atoms. The molecule has 0 aliphatic rings. The molecule has 5 nitrogen and oxygen atoms in total. The maximum absolute atomic E-state index is 14.4. The average molecular weight is 526 g/mol. The van der Waals surface area contributed by atoms with Gasteiger partial charge < -0.3 is 5.32 Å². The van der Waals surface area contributed by atoms with Gasteiger partial charge >= 0.3 is 6.18 Å². The molecule has 11 heteroatoms. The van der Waals surface area contributed by atoms with Gasteiger partial charge in [0.05, 0.1) is 22.6 Å². The summed E-state index contributed by atoms with van der Waals surface area (Å²) >= 11 is 0. The number of benzene rings is 2. The number of carbonyl (C=O) groups is 1. The summed E-state index contributed by atoms with van der Waals surface area (Å²) in [7, 11) is -1.31. The van der Waals surface area contributed by atoms with Crippen LogP contribution in [-0.2, 0) is 35.0 Å². The molecular formula is C25H24F5N3O2S. The van der Waals surface area contributed by atoms with Gasteiger partial charge in [-0.05, 0) is 48.7 Å². The highest BCUT2D eigenvalue weighted by Gasteiger charge is 2.33.